The van der Waals surface area contributed by atoms with Crippen LogP contribution in [0.3, 0.4) is 0 Å². The molecule has 1 saturated heterocycles. The zero-order chi connectivity index (χ0) is 21.8. The van der Waals surface area contributed by atoms with Gasteiger partial charge in [-0.05, 0) is 23.8 Å². The maximum Gasteiger partial charge on any atom is 0.312 e. The Morgan fingerprint density at radius 2 is 1.77 bits per heavy atom. The monoisotopic (exact) mass is 519 g/mol. The van der Waals surface area contributed by atoms with Crippen LogP contribution < -0.4 is 5.32 Å². The summed E-state index contributed by atoms with van der Waals surface area (Å²) >= 11 is 15.6. The predicted molar refractivity (Wildman–Crippen MR) is 116 cm³/mol. The predicted octanol–water partition coefficient (Wildman–Crippen LogP) is 3.03. The van der Waals surface area contributed by atoms with Crippen LogP contribution in [0.4, 0.5) is 11.4 Å². The Labute approximate surface area is 191 Å². The molecule has 5 atom stereocenters. The van der Waals surface area contributed by atoms with Gasteiger partial charge in [-0.2, -0.15) is 0 Å². The van der Waals surface area contributed by atoms with Crippen molar-refractivity contribution in [3.8, 4) is 0 Å². The number of hydrogen-bond acceptors (Lipinski definition) is 7. The number of rotatable bonds is 6. The normalized spacial score (nSPS) is 26.3. The van der Waals surface area contributed by atoms with E-state index in [1.165, 1.54) is 0 Å². The van der Waals surface area contributed by atoms with Gasteiger partial charge in [0.2, 0.25) is 6.29 Å². The number of carbonyl (C=O) groups excluding carboxylic acids is 1. The largest absolute Gasteiger partial charge is 0.434 e. The molecule has 1 aliphatic heterocycles. The molecule has 2 aromatic rings. The number of anilines is 2. The van der Waals surface area contributed by atoms with Crippen LogP contribution >= 0.6 is 39.1 Å². The third-order valence-corrected chi connectivity index (χ3v) is 6.23. The van der Waals surface area contributed by atoms with Gasteiger partial charge < -0.3 is 30.1 Å². The van der Waals surface area contributed by atoms with Crippen molar-refractivity contribution in [1.29, 1.82) is 0 Å². The highest BCUT2D eigenvalue weighted by Gasteiger charge is 2.44. The average molecular weight is 521 g/mol. The first-order valence-corrected chi connectivity index (χ1v) is 10.7. The zero-order valence-electron chi connectivity index (χ0n) is 15.5. The molecule has 0 amide bonds. The second-order valence-electron chi connectivity index (χ2n) is 6.70. The lowest BCUT2D eigenvalue weighted by Crippen LogP contribution is -2.57. The minimum atomic E-state index is -1.31. The van der Waals surface area contributed by atoms with Crippen LogP contribution in [0.5, 0.6) is 0 Å². The molecule has 2 aromatic carbocycles. The molecule has 0 bridgehead atoms. The van der Waals surface area contributed by atoms with Crippen LogP contribution in [-0.2, 0) is 20.7 Å². The van der Waals surface area contributed by atoms with E-state index in [1.807, 2.05) is 0 Å². The first-order valence-electron chi connectivity index (χ1n) is 9.06. The van der Waals surface area contributed by atoms with Gasteiger partial charge >= 0.3 is 5.97 Å². The van der Waals surface area contributed by atoms with E-state index in [-0.39, 0.29) is 6.42 Å². The maximum absolute atomic E-state index is 12.5. The highest BCUT2D eigenvalue weighted by molar-refractivity contribution is 9.09. The quantitative estimate of drug-likeness (QED) is 0.342. The van der Waals surface area contributed by atoms with Crippen LogP contribution in [0, 0.1) is 0 Å². The molecule has 7 nitrogen and oxygen atoms in total. The smallest absolute Gasteiger partial charge is 0.312 e. The van der Waals surface area contributed by atoms with E-state index >= 15 is 0 Å². The van der Waals surface area contributed by atoms with E-state index in [0.717, 1.165) is 0 Å². The summed E-state index contributed by atoms with van der Waals surface area (Å²) in [5.74, 6) is -0.621. The molecule has 10 heteroatoms. The van der Waals surface area contributed by atoms with Gasteiger partial charge in [-0.15, -0.1) is 0 Å². The van der Waals surface area contributed by atoms with Crippen molar-refractivity contribution in [1.82, 2.24) is 0 Å². The van der Waals surface area contributed by atoms with Gasteiger partial charge in [-0.3, -0.25) is 4.79 Å². The number of alkyl halides is 1. The van der Waals surface area contributed by atoms with Gasteiger partial charge in [0.15, 0.2) is 0 Å². The van der Waals surface area contributed by atoms with Crippen molar-refractivity contribution in [3.05, 3.63) is 58.1 Å². The Kier molecular flexibility index (Phi) is 7.98. The molecular formula is C20H20BrCl2NO6. The molecule has 30 heavy (non-hydrogen) atoms. The molecule has 0 aliphatic carbocycles. The summed E-state index contributed by atoms with van der Waals surface area (Å²) in [6.45, 7) is -0.530. The van der Waals surface area contributed by atoms with Crippen molar-refractivity contribution in [2.45, 2.75) is 35.8 Å². The third kappa shape index (κ3) is 5.26. The maximum atomic E-state index is 12.5. The summed E-state index contributed by atoms with van der Waals surface area (Å²) in [6, 6.07) is 12.2. The first-order chi connectivity index (χ1) is 14.3. The van der Waals surface area contributed by atoms with Crippen LogP contribution in [0.25, 0.3) is 0 Å². The highest BCUT2D eigenvalue weighted by Crippen LogP contribution is 2.34. The first kappa shape index (κ1) is 23.3. The third-order valence-electron chi connectivity index (χ3n) is 4.63. The van der Waals surface area contributed by atoms with Gasteiger partial charge in [0, 0.05) is 5.69 Å². The SMILES string of the molecule is O=C(Cc1ccccc1Nc1c(Cl)cccc1Cl)O[C@@H]1O[C@H](CO)[C@@H](O)[C@H](O)[C@H]1Br. The Morgan fingerprint density at radius 3 is 2.43 bits per heavy atom. The Balaban J connectivity index is 1.72. The van der Waals surface area contributed by atoms with Gasteiger partial charge in [0.25, 0.3) is 0 Å². The number of hydrogen-bond donors (Lipinski definition) is 4. The van der Waals surface area contributed by atoms with E-state index in [0.29, 0.717) is 27.0 Å². The number of para-hydroxylation sites is 2. The molecule has 162 valence electrons. The van der Waals surface area contributed by atoms with Crippen LogP contribution in [0.15, 0.2) is 42.5 Å². The topological polar surface area (TPSA) is 108 Å². The zero-order valence-corrected chi connectivity index (χ0v) is 18.6. The Hall–Kier alpha value is -1.39. The number of aliphatic hydroxyl groups is 3. The van der Waals surface area contributed by atoms with Crippen LogP contribution in [0.2, 0.25) is 10.0 Å². The van der Waals surface area contributed by atoms with Crippen molar-refractivity contribution in [2.75, 3.05) is 11.9 Å². The van der Waals surface area contributed by atoms with E-state index in [1.54, 1.807) is 42.5 Å². The van der Waals surface area contributed by atoms with Gasteiger partial charge in [0.1, 0.15) is 23.1 Å². The number of halogens is 3. The van der Waals surface area contributed by atoms with Crippen molar-refractivity contribution >= 4 is 56.5 Å². The summed E-state index contributed by atoms with van der Waals surface area (Å²) in [5.41, 5.74) is 1.76. The molecule has 0 aromatic heterocycles. The minimum absolute atomic E-state index is 0.104. The van der Waals surface area contributed by atoms with Gasteiger partial charge in [-0.1, -0.05) is 63.4 Å². The lowest BCUT2D eigenvalue weighted by atomic mass is 10.0. The number of benzene rings is 2. The van der Waals surface area contributed by atoms with E-state index < -0.39 is 42.0 Å². The summed E-state index contributed by atoms with van der Waals surface area (Å²) < 4.78 is 10.7. The fraction of sp³-hybridized carbons (Fsp3) is 0.350. The van der Waals surface area contributed by atoms with Crippen molar-refractivity contribution in [2.24, 2.45) is 0 Å². The fourth-order valence-corrected chi connectivity index (χ4v) is 4.05. The fourth-order valence-electron chi connectivity index (χ4n) is 3.02. The lowest BCUT2D eigenvalue weighted by Gasteiger charge is -2.39. The summed E-state index contributed by atoms with van der Waals surface area (Å²) in [4.78, 5) is 11.7. The van der Waals surface area contributed by atoms with E-state index in [9.17, 15) is 20.1 Å². The summed E-state index contributed by atoms with van der Waals surface area (Å²) in [5, 5.41) is 33.2. The van der Waals surface area contributed by atoms with E-state index in [2.05, 4.69) is 21.2 Å². The van der Waals surface area contributed by atoms with Crippen LogP contribution in [0.1, 0.15) is 5.56 Å². The molecule has 0 saturated carbocycles. The molecule has 1 aliphatic rings. The molecule has 3 rings (SSSR count). The molecule has 0 unspecified atom stereocenters. The number of esters is 1. The standard InChI is InChI=1S/C20H20BrCl2NO6/c21-16-19(28)18(27)14(9-25)29-20(16)30-15(26)8-10-4-1-2-7-13(10)24-17-11(22)5-3-6-12(17)23/h1-7,14,16,18-20,24-25,27-28H,8-9H2/t14-,16-,18-,19-,20+/m1/s1. The van der Waals surface area contributed by atoms with Crippen molar-refractivity contribution < 1.29 is 29.6 Å². The lowest BCUT2D eigenvalue weighted by molar-refractivity contribution is -0.246. The van der Waals surface area contributed by atoms with Crippen LogP contribution in [-0.4, -0.2) is 57.3 Å². The summed E-state index contributed by atoms with van der Waals surface area (Å²) in [7, 11) is 0. The minimum Gasteiger partial charge on any atom is -0.434 e. The second kappa shape index (κ2) is 10.3. The molecule has 0 radical (unpaired) electrons. The highest BCUT2D eigenvalue weighted by atomic mass is 79.9. The Morgan fingerprint density at radius 1 is 1.10 bits per heavy atom. The number of aliphatic hydroxyl groups excluding tert-OH is 3. The van der Waals surface area contributed by atoms with E-state index in [4.69, 9.17) is 32.7 Å². The number of ether oxygens (including phenoxy) is 2. The molecule has 1 heterocycles. The van der Waals surface area contributed by atoms with Gasteiger partial charge in [-0.25, -0.2) is 0 Å². The second-order valence-corrected chi connectivity index (χ2v) is 8.57. The number of nitrogens with one attached hydrogen (secondary N) is 1. The number of carbonyl (C=O) groups is 1. The average Bonchev–Trinajstić information content (AvgIpc) is 2.72. The Bertz CT molecular complexity index is 879. The van der Waals surface area contributed by atoms with Gasteiger partial charge in [0.05, 0.1) is 28.8 Å². The summed E-state index contributed by atoms with van der Waals surface area (Å²) in [6.07, 6.45) is -4.92. The molecule has 1 fully saturated rings. The van der Waals surface area contributed by atoms with Crippen molar-refractivity contribution in [3.63, 3.8) is 0 Å². The molecular weight excluding hydrogens is 501 g/mol. The molecule has 4 N–H and O–H groups in total. The molecule has 0 spiro atoms.